The van der Waals surface area contributed by atoms with Crippen LogP contribution in [0, 0.1) is 5.92 Å². The lowest BCUT2D eigenvalue weighted by atomic mass is 10.0. The SMILES string of the molecule is CCC(CC)CNC(CN)C(=O)OC. The lowest BCUT2D eigenvalue weighted by Crippen LogP contribution is -2.45. The summed E-state index contributed by atoms with van der Waals surface area (Å²) in [6.45, 7) is 5.40. The minimum absolute atomic E-state index is 0.279. The Balaban J connectivity index is 3.88. The fourth-order valence-electron chi connectivity index (χ4n) is 1.29. The quantitative estimate of drug-likeness (QED) is 0.590. The third-order valence-electron chi connectivity index (χ3n) is 2.53. The fraction of sp³-hybridized carbons (Fsp3) is 0.900. The van der Waals surface area contributed by atoms with Crippen molar-refractivity contribution in [1.29, 1.82) is 0 Å². The van der Waals surface area contributed by atoms with E-state index in [0.717, 1.165) is 19.4 Å². The summed E-state index contributed by atoms with van der Waals surface area (Å²) in [5, 5.41) is 3.12. The normalized spacial score (nSPS) is 12.9. The van der Waals surface area contributed by atoms with Gasteiger partial charge >= 0.3 is 5.97 Å². The second-order valence-corrected chi connectivity index (χ2v) is 3.40. The molecular weight excluding hydrogens is 180 g/mol. The van der Waals surface area contributed by atoms with Crippen molar-refractivity contribution in [3.63, 3.8) is 0 Å². The van der Waals surface area contributed by atoms with Gasteiger partial charge in [-0.05, 0) is 12.5 Å². The number of nitrogens with two attached hydrogens (primary N) is 1. The van der Waals surface area contributed by atoms with Gasteiger partial charge < -0.3 is 15.8 Å². The van der Waals surface area contributed by atoms with E-state index in [2.05, 4.69) is 23.9 Å². The number of carbonyl (C=O) groups is 1. The second kappa shape index (κ2) is 7.76. The van der Waals surface area contributed by atoms with E-state index in [-0.39, 0.29) is 18.6 Å². The maximum atomic E-state index is 11.2. The molecule has 0 aliphatic rings. The van der Waals surface area contributed by atoms with Gasteiger partial charge in [0.1, 0.15) is 6.04 Å². The molecule has 0 bridgehead atoms. The predicted octanol–water partition coefficient (Wildman–Crippen LogP) is 0.513. The molecule has 0 heterocycles. The standard InChI is InChI=1S/C10H22N2O2/c1-4-8(5-2)7-12-9(6-11)10(13)14-3/h8-9,12H,4-7,11H2,1-3H3. The number of nitrogens with one attached hydrogen (secondary N) is 1. The third kappa shape index (κ3) is 4.58. The van der Waals surface area contributed by atoms with Crippen LogP contribution in [0.3, 0.4) is 0 Å². The smallest absolute Gasteiger partial charge is 0.324 e. The van der Waals surface area contributed by atoms with E-state index < -0.39 is 0 Å². The van der Waals surface area contributed by atoms with Gasteiger partial charge in [0, 0.05) is 6.54 Å². The Morgan fingerprint density at radius 2 is 2.00 bits per heavy atom. The summed E-state index contributed by atoms with van der Waals surface area (Å²) in [4.78, 5) is 11.2. The molecule has 0 saturated carbocycles. The van der Waals surface area contributed by atoms with E-state index in [1.165, 1.54) is 7.11 Å². The lowest BCUT2D eigenvalue weighted by Gasteiger charge is -2.18. The first-order valence-electron chi connectivity index (χ1n) is 5.20. The van der Waals surface area contributed by atoms with Crippen molar-refractivity contribution in [2.24, 2.45) is 11.7 Å². The van der Waals surface area contributed by atoms with Gasteiger partial charge in [0.05, 0.1) is 7.11 Å². The zero-order chi connectivity index (χ0) is 11.0. The summed E-state index contributed by atoms with van der Waals surface area (Å²) in [5.74, 6) is 0.326. The minimum atomic E-state index is -0.361. The van der Waals surface area contributed by atoms with Crippen molar-refractivity contribution in [3.8, 4) is 0 Å². The Bertz CT molecular complexity index is 158. The Hall–Kier alpha value is -0.610. The first-order chi connectivity index (χ1) is 6.69. The zero-order valence-corrected chi connectivity index (χ0v) is 9.38. The van der Waals surface area contributed by atoms with Gasteiger partial charge in [0.2, 0.25) is 0 Å². The monoisotopic (exact) mass is 202 g/mol. The van der Waals surface area contributed by atoms with E-state index in [1.807, 2.05) is 0 Å². The molecular formula is C10H22N2O2. The maximum absolute atomic E-state index is 11.2. The van der Waals surface area contributed by atoms with E-state index >= 15 is 0 Å². The average Bonchev–Trinajstić information content (AvgIpc) is 2.24. The molecule has 1 unspecified atom stereocenters. The average molecular weight is 202 g/mol. The van der Waals surface area contributed by atoms with Gasteiger partial charge in [0.15, 0.2) is 0 Å². The molecule has 0 saturated heterocycles. The first-order valence-corrected chi connectivity index (χ1v) is 5.20. The summed E-state index contributed by atoms with van der Waals surface area (Å²) < 4.78 is 4.62. The van der Waals surface area contributed by atoms with Crippen molar-refractivity contribution in [2.75, 3.05) is 20.2 Å². The minimum Gasteiger partial charge on any atom is -0.468 e. The molecule has 3 N–H and O–H groups in total. The number of hydrogen-bond acceptors (Lipinski definition) is 4. The van der Waals surface area contributed by atoms with Crippen LogP contribution in [0.4, 0.5) is 0 Å². The molecule has 4 nitrogen and oxygen atoms in total. The number of carbonyl (C=O) groups excluding carboxylic acids is 1. The fourth-order valence-corrected chi connectivity index (χ4v) is 1.29. The zero-order valence-electron chi connectivity index (χ0n) is 9.38. The first kappa shape index (κ1) is 13.4. The maximum Gasteiger partial charge on any atom is 0.324 e. The molecule has 4 heteroatoms. The van der Waals surface area contributed by atoms with Crippen LogP contribution in [0.15, 0.2) is 0 Å². The summed E-state index contributed by atoms with van der Waals surface area (Å²) in [6, 6.07) is -0.361. The molecule has 14 heavy (non-hydrogen) atoms. The van der Waals surface area contributed by atoms with Gasteiger partial charge in [-0.25, -0.2) is 0 Å². The summed E-state index contributed by atoms with van der Waals surface area (Å²) in [7, 11) is 1.38. The number of ether oxygens (including phenoxy) is 1. The largest absolute Gasteiger partial charge is 0.468 e. The van der Waals surface area contributed by atoms with E-state index in [4.69, 9.17) is 5.73 Å². The van der Waals surface area contributed by atoms with E-state index in [1.54, 1.807) is 0 Å². The van der Waals surface area contributed by atoms with Crippen LogP contribution in [0.25, 0.3) is 0 Å². The van der Waals surface area contributed by atoms with Crippen LogP contribution >= 0.6 is 0 Å². The molecule has 84 valence electrons. The van der Waals surface area contributed by atoms with E-state index in [0.29, 0.717) is 5.92 Å². The Morgan fingerprint density at radius 3 is 2.36 bits per heavy atom. The lowest BCUT2D eigenvalue weighted by molar-refractivity contribution is -0.142. The van der Waals surface area contributed by atoms with Crippen LogP contribution in [0.1, 0.15) is 26.7 Å². The molecule has 0 radical (unpaired) electrons. The molecule has 0 aromatic rings. The number of methoxy groups -OCH3 is 1. The van der Waals surface area contributed by atoms with Crippen LogP contribution < -0.4 is 11.1 Å². The van der Waals surface area contributed by atoms with Crippen LogP contribution in [0.5, 0.6) is 0 Å². The molecule has 1 atom stereocenters. The van der Waals surface area contributed by atoms with Crippen molar-refractivity contribution >= 4 is 5.97 Å². The van der Waals surface area contributed by atoms with Crippen molar-refractivity contribution < 1.29 is 9.53 Å². The molecule has 0 spiro atoms. The van der Waals surface area contributed by atoms with Gasteiger partial charge in [-0.2, -0.15) is 0 Å². The molecule has 0 aliphatic heterocycles. The van der Waals surface area contributed by atoms with Gasteiger partial charge in [0.25, 0.3) is 0 Å². The highest BCUT2D eigenvalue weighted by molar-refractivity contribution is 5.75. The molecule has 0 aliphatic carbocycles. The number of esters is 1. The summed E-state index contributed by atoms with van der Waals surface area (Å²) >= 11 is 0. The Morgan fingerprint density at radius 1 is 1.43 bits per heavy atom. The summed E-state index contributed by atoms with van der Waals surface area (Å²) in [6.07, 6.45) is 2.23. The van der Waals surface area contributed by atoms with Crippen LogP contribution in [-0.2, 0) is 9.53 Å². The number of hydrogen-bond donors (Lipinski definition) is 2. The predicted molar refractivity (Wildman–Crippen MR) is 56.9 cm³/mol. The highest BCUT2D eigenvalue weighted by Crippen LogP contribution is 2.05. The topological polar surface area (TPSA) is 64.3 Å². The van der Waals surface area contributed by atoms with Crippen molar-refractivity contribution in [3.05, 3.63) is 0 Å². The van der Waals surface area contributed by atoms with Crippen molar-refractivity contribution in [2.45, 2.75) is 32.7 Å². The van der Waals surface area contributed by atoms with Crippen molar-refractivity contribution in [1.82, 2.24) is 5.32 Å². The highest BCUT2D eigenvalue weighted by Gasteiger charge is 2.17. The Kier molecular flexibility index (Phi) is 7.42. The summed E-state index contributed by atoms with van der Waals surface area (Å²) in [5.41, 5.74) is 5.46. The second-order valence-electron chi connectivity index (χ2n) is 3.40. The molecule has 0 aromatic carbocycles. The van der Waals surface area contributed by atoms with E-state index in [9.17, 15) is 4.79 Å². The molecule has 0 amide bonds. The highest BCUT2D eigenvalue weighted by atomic mass is 16.5. The van der Waals surface area contributed by atoms with Gasteiger partial charge in [-0.3, -0.25) is 4.79 Å². The number of rotatable bonds is 7. The third-order valence-corrected chi connectivity index (χ3v) is 2.53. The van der Waals surface area contributed by atoms with Gasteiger partial charge in [-0.15, -0.1) is 0 Å². The van der Waals surface area contributed by atoms with Gasteiger partial charge in [-0.1, -0.05) is 26.7 Å². The van der Waals surface area contributed by atoms with Crippen LogP contribution in [-0.4, -0.2) is 32.2 Å². The molecule has 0 rings (SSSR count). The Labute approximate surface area is 86.2 Å². The molecule has 0 aromatic heterocycles. The molecule has 0 fully saturated rings. The van der Waals surface area contributed by atoms with Crippen LogP contribution in [0.2, 0.25) is 0 Å².